The number of nitrogens with zero attached hydrogens (tertiary/aromatic N) is 1. The Morgan fingerprint density at radius 3 is 2.58 bits per heavy atom. The van der Waals surface area contributed by atoms with E-state index in [4.69, 9.17) is 10.8 Å². The van der Waals surface area contributed by atoms with Crippen LogP contribution in [0.15, 0.2) is 0 Å². The zero-order valence-electron chi connectivity index (χ0n) is 10.7. The lowest BCUT2D eigenvalue weighted by atomic mass is 10.1. The predicted octanol–water partition coefficient (Wildman–Crippen LogP) is -2.11. The highest BCUT2D eigenvalue weighted by Crippen LogP contribution is 2.17. The SMILES string of the molecule is C[C@@H](O)[C@H](NC(=O)[C@@H]1CCCN1C(=O)CN)C(=O)O. The van der Waals surface area contributed by atoms with Gasteiger partial charge in [0.05, 0.1) is 12.6 Å². The van der Waals surface area contributed by atoms with Crippen molar-refractivity contribution in [3.8, 4) is 0 Å². The Kier molecular flexibility index (Phi) is 5.25. The summed E-state index contributed by atoms with van der Waals surface area (Å²) >= 11 is 0. The van der Waals surface area contributed by atoms with E-state index in [1.807, 2.05) is 0 Å². The van der Waals surface area contributed by atoms with Gasteiger partial charge in [-0.05, 0) is 19.8 Å². The zero-order chi connectivity index (χ0) is 14.6. The number of aliphatic hydroxyl groups is 1. The summed E-state index contributed by atoms with van der Waals surface area (Å²) in [7, 11) is 0. The number of aliphatic carboxylic acids is 1. The molecule has 19 heavy (non-hydrogen) atoms. The molecule has 0 aromatic rings. The fraction of sp³-hybridized carbons (Fsp3) is 0.727. The minimum Gasteiger partial charge on any atom is -0.480 e. The lowest BCUT2D eigenvalue weighted by Crippen LogP contribution is -2.54. The molecule has 1 fully saturated rings. The van der Waals surface area contributed by atoms with Gasteiger partial charge in [-0.3, -0.25) is 9.59 Å². The summed E-state index contributed by atoms with van der Waals surface area (Å²) in [6.45, 7) is 1.51. The Hall–Kier alpha value is -1.67. The first-order valence-corrected chi connectivity index (χ1v) is 6.09. The van der Waals surface area contributed by atoms with Gasteiger partial charge < -0.3 is 26.2 Å². The normalized spacial score (nSPS) is 21.8. The second-order valence-electron chi connectivity index (χ2n) is 4.51. The van der Waals surface area contributed by atoms with Gasteiger partial charge in [-0.2, -0.15) is 0 Å². The third-order valence-electron chi connectivity index (χ3n) is 3.10. The molecule has 0 aliphatic carbocycles. The molecule has 8 heteroatoms. The average molecular weight is 273 g/mol. The van der Waals surface area contributed by atoms with E-state index in [2.05, 4.69) is 5.32 Å². The zero-order valence-corrected chi connectivity index (χ0v) is 10.7. The van der Waals surface area contributed by atoms with Crippen LogP contribution in [0.25, 0.3) is 0 Å². The summed E-state index contributed by atoms with van der Waals surface area (Å²) in [5.74, 6) is -2.24. The van der Waals surface area contributed by atoms with Gasteiger partial charge in [-0.25, -0.2) is 4.79 Å². The molecule has 0 bridgehead atoms. The average Bonchev–Trinajstić information content (AvgIpc) is 2.82. The molecular weight excluding hydrogens is 254 g/mol. The van der Waals surface area contributed by atoms with Crippen LogP contribution in [0.2, 0.25) is 0 Å². The Balaban J connectivity index is 2.71. The van der Waals surface area contributed by atoms with E-state index in [9.17, 15) is 19.5 Å². The molecular formula is C11H19N3O5. The molecule has 5 N–H and O–H groups in total. The number of carboxylic acid groups (broad SMARTS) is 1. The first-order chi connectivity index (χ1) is 8.88. The molecule has 1 aliphatic heterocycles. The number of nitrogens with two attached hydrogens (primary N) is 1. The van der Waals surface area contributed by atoms with Crippen LogP contribution in [-0.2, 0) is 14.4 Å². The van der Waals surface area contributed by atoms with E-state index in [-0.39, 0.29) is 12.5 Å². The van der Waals surface area contributed by atoms with E-state index in [1.165, 1.54) is 11.8 Å². The Morgan fingerprint density at radius 1 is 1.47 bits per heavy atom. The third kappa shape index (κ3) is 3.65. The molecule has 108 valence electrons. The van der Waals surface area contributed by atoms with Crippen molar-refractivity contribution < 1.29 is 24.6 Å². The fourth-order valence-electron chi connectivity index (χ4n) is 2.09. The molecule has 3 atom stereocenters. The van der Waals surface area contributed by atoms with Gasteiger partial charge in [0.2, 0.25) is 11.8 Å². The van der Waals surface area contributed by atoms with Gasteiger partial charge in [0.15, 0.2) is 6.04 Å². The monoisotopic (exact) mass is 273 g/mol. The van der Waals surface area contributed by atoms with Crippen LogP contribution < -0.4 is 11.1 Å². The molecule has 0 aromatic carbocycles. The van der Waals surface area contributed by atoms with Crippen LogP contribution in [0.1, 0.15) is 19.8 Å². The van der Waals surface area contributed by atoms with E-state index < -0.39 is 30.1 Å². The maximum Gasteiger partial charge on any atom is 0.328 e. The van der Waals surface area contributed by atoms with Crippen molar-refractivity contribution in [2.24, 2.45) is 5.73 Å². The second-order valence-corrected chi connectivity index (χ2v) is 4.51. The standard InChI is InChI=1S/C11H19N3O5/c1-6(15)9(11(18)19)13-10(17)7-3-2-4-14(7)8(16)5-12/h6-7,9,15H,2-5,12H2,1H3,(H,13,17)(H,18,19)/t6-,7+,9+/m1/s1. The number of rotatable bonds is 5. The van der Waals surface area contributed by atoms with Crippen LogP contribution in [0.5, 0.6) is 0 Å². The molecule has 0 saturated carbocycles. The van der Waals surface area contributed by atoms with Crippen LogP contribution in [-0.4, -0.2) is 64.2 Å². The molecule has 1 heterocycles. The molecule has 2 amide bonds. The summed E-state index contributed by atoms with van der Waals surface area (Å²) in [6, 6.07) is -2.10. The van der Waals surface area contributed by atoms with Crippen molar-refractivity contribution in [2.45, 2.75) is 38.0 Å². The molecule has 1 rings (SSSR count). The summed E-state index contributed by atoms with van der Waals surface area (Å²) in [5, 5.41) is 20.4. The fourth-order valence-corrected chi connectivity index (χ4v) is 2.09. The van der Waals surface area contributed by atoms with Crippen molar-refractivity contribution in [1.82, 2.24) is 10.2 Å². The number of aliphatic hydroxyl groups excluding tert-OH is 1. The van der Waals surface area contributed by atoms with Crippen molar-refractivity contribution in [3.05, 3.63) is 0 Å². The summed E-state index contributed by atoms with van der Waals surface area (Å²) in [4.78, 5) is 35.7. The number of hydrogen-bond acceptors (Lipinski definition) is 5. The molecule has 0 spiro atoms. The highest BCUT2D eigenvalue weighted by atomic mass is 16.4. The number of hydrogen-bond donors (Lipinski definition) is 4. The van der Waals surface area contributed by atoms with Crippen LogP contribution in [0.4, 0.5) is 0 Å². The molecule has 8 nitrogen and oxygen atoms in total. The lowest BCUT2D eigenvalue weighted by Gasteiger charge is -2.25. The van der Waals surface area contributed by atoms with Crippen molar-refractivity contribution in [2.75, 3.05) is 13.1 Å². The van der Waals surface area contributed by atoms with Gasteiger partial charge in [0.1, 0.15) is 6.04 Å². The van der Waals surface area contributed by atoms with Crippen molar-refractivity contribution >= 4 is 17.8 Å². The quantitative estimate of drug-likeness (QED) is 0.453. The van der Waals surface area contributed by atoms with E-state index in [1.54, 1.807) is 0 Å². The van der Waals surface area contributed by atoms with Gasteiger partial charge in [-0.1, -0.05) is 0 Å². The van der Waals surface area contributed by atoms with Crippen LogP contribution >= 0.6 is 0 Å². The predicted molar refractivity (Wildman–Crippen MR) is 65.0 cm³/mol. The minimum absolute atomic E-state index is 0.192. The van der Waals surface area contributed by atoms with Gasteiger partial charge in [-0.15, -0.1) is 0 Å². The molecule has 0 radical (unpaired) electrons. The largest absolute Gasteiger partial charge is 0.480 e. The van der Waals surface area contributed by atoms with Gasteiger partial charge in [0.25, 0.3) is 0 Å². The van der Waals surface area contributed by atoms with Crippen molar-refractivity contribution in [1.29, 1.82) is 0 Å². The molecule has 0 unspecified atom stereocenters. The Morgan fingerprint density at radius 2 is 2.11 bits per heavy atom. The number of carbonyl (C=O) groups is 3. The maximum atomic E-state index is 12.0. The summed E-state index contributed by atoms with van der Waals surface area (Å²) in [6.07, 6.45) is -0.0959. The lowest BCUT2D eigenvalue weighted by molar-refractivity contribution is -0.146. The Labute approximate surface area is 110 Å². The van der Waals surface area contributed by atoms with E-state index >= 15 is 0 Å². The maximum absolute atomic E-state index is 12.0. The van der Waals surface area contributed by atoms with E-state index in [0.717, 1.165) is 0 Å². The van der Waals surface area contributed by atoms with Crippen LogP contribution in [0, 0.1) is 0 Å². The number of carboxylic acids is 1. The highest BCUT2D eigenvalue weighted by molar-refractivity contribution is 5.91. The summed E-state index contributed by atoms with van der Waals surface area (Å²) < 4.78 is 0. The first-order valence-electron chi connectivity index (χ1n) is 6.09. The van der Waals surface area contributed by atoms with E-state index in [0.29, 0.717) is 19.4 Å². The minimum atomic E-state index is -1.39. The highest BCUT2D eigenvalue weighted by Gasteiger charge is 2.36. The van der Waals surface area contributed by atoms with Crippen LogP contribution in [0.3, 0.4) is 0 Å². The second kappa shape index (κ2) is 6.48. The summed E-state index contributed by atoms with van der Waals surface area (Å²) in [5.41, 5.74) is 5.25. The topological polar surface area (TPSA) is 133 Å². The Bertz CT molecular complexity index is 371. The van der Waals surface area contributed by atoms with Gasteiger partial charge in [0, 0.05) is 6.54 Å². The number of amides is 2. The number of nitrogens with one attached hydrogen (secondary N) is 1. The number of likely N-dealkylation sites (tertiary alicyclic amines) is 1. The third-order valence-corrected chi connectivity index (χ3v) is 3.10. The first kappa shape index (κ1) is 15.4. The smallest absolute Gasteiger partial charge is 0.328 e. The number of carbonyl (C=O) groups excluding carboxylic acids is 2. The molecule has 1 aliphatic rings. The molecule has 1 saturated heterocycles. The molecule has 0 aromatic heterocycles. The van der Waals surface area contributed by atoms with Crippen molar-refractivity contribution in [3.63, 3.8) is 0 Å². The van der Waals surface area contributed by atoms with Gasteiger partial charge >= 0.3 is 5.97 Å².